The SMILES string of the molecule is C=CC=C.Oc1ccccc1.c1ccc(COCc2ccccc2)cc1. The van der Waals surface area contributed by atoms with E-state index in [9.17, 15) is 0 Å². The van der Waals surface area contributed by atoms with E-state index in [1.165, 1.54) is 11.1 Å². The minimum Gasteiger partial charge on any atom is -0.508 e. The summed E-state index contributed by atoms with van der Waals surface area (Å²) in [5.74, 6) is 0.322. The van der Waals surface area contributed by atoms with Crippen LogP contribution in [-0.4, -0.2) is 5.11 Å². The van der Waals surface area contributed by atoms with Crippen molar-refractivity contribution in [1.29, 1.82) is 0 Å². The highest BCUT2D eigenvalue weighted by Crippen LogP contribution is 2.05. The van der Waals surface area contributed by atoms with Crippen molar-refractivity contribution >= 4 is 0 Å². The molecule has 0 saturated heterocycles. The molecule has 3 aromatic carbocycles. The lowest BCUT2D eigenvalue weighted by atomic mass is 10.2. The number of phenolic OH excluding ortho intramolecular Hbond substituents is 1. The Bertz CT molecular complexity index is 661. The van der Waals surface area contributed by atoms with E-state index in [-0.39, 0.29) is 0 Å². The maximum absolute atomic E-state index is 8.63. The van der Waals surface area contributed by atoms with Crippen LogP contribution in [0.25, 0.3) is 0 Å². The number of phenols is 1. The lowest BCUT2D eigenvalue weighted by molar-refractivity contribution is 0.107. The molecule has 0 unspecified atom stereocenters. The summed E-state index contributed by atoms with van der Waals surface area (Å²) in [7, 11) is 0. The van der Waals surface area contributed by atoms with Crippen LogP contribution in [0.3, 0.4) is 0 Å². The van der Waals surface area contributed by atoms with E-state index >= 15 is 0 Å². The van der Waals surface area contributed by atoms with Crippen molar-refractivity contribution in [2.75, 3.05) is 0 Å². The minimum atomic E-state index is 0.322. The Hall–Kier alpha value is -3.10. The molecule has 2 heteroatoms. The summed E-state index contributed by atoms with van der Waals surface area (Å²) < 4.78 is 5.61. The van der Waals surface area contributed by atoms with Crippen LogP contribution in [-0.2, 0) is 18.0 Å². The second kappa shape index (κ2) is 14.3. The fraction of sp³-hybridized carbons (Fsp3) is 0.0833. The largest absolute Gasteiger partial charge is 0.508 e. The standard InChI is InChI=1S/C14H14O.C6H6O.C4H6/c1-3-7-13(8-4-1)11-15-12-14-9-5-2-6-10-14;7-6-4-2-1-3-5-6;1-3-4-2/h1-10H,11-12H2;1-5,7H;3-4H,1-2H2. The molecule has 0 spiro atoms. The normalized spacial score (nSPS) is 8.92. The van der Waals surface area contributed by atoms with Gasteiger partial charge in [0, 0.05) is 0 Å². The zero-order chi connectivity index (χ0) is 18.9. The summed E-state index contributed by atoms with van der Waals surface area (Å²) in [5.41, 5.74) is 2.43. The average molecular weight is 346 g/mol. The van der Waals surface area contributed by atoms with Gasteiger partial charge in [-0.25, -0.2) is 0 Å². The smallest absolute Gasteiger partial charge is 0.115 e. The molecule has 0 saturated carbocycles. The zero-order valence-electron chi connectivity index (χ0n) is 15.0. The van der Waals surface area contributed by atoms with Gasteiger partial charge in [0.2, 0.25) is 0 Å². The van der Waals surface area contributed by atoms with E-state index < -0.39 is 0 Å². The molecule has 134 valence electrons. The van der Waals surface area contributed by atoms with Crippen LogP contribution in [0.5, 0.6) is 5.75 Å². The summed E-state index contributed by atoms with van der Waals surface area (Å²) in [6, 6.07) is 29.2. The van der Waals surface area contributed by atoms with E-state index in [4.69, 9.17) is 9.84 Å². The molecule has 1 N–H and O–H groups in total. The molecule has 3 aromatic rings. The van der Waals surface area contributed by atoms with Gasteiger partial charge in [0.25, 0.3) is 0 Å². The molecule has 0 atom stereocenters. The van der Waals surface area contributed by atoms with Crippen molar-refractivity contribution in [3.63, 3.8) is 0 Å². The Balaban J connectivity index is 0.000000255. The van der Waals surface area contributed by atoms with Crippen molar-refractivity contribution < 1.29 is 9.84 Å². The van der Waals surface area contributed by atoms with E-state index in [0.29, 0.717) is 19.0 Å². The molecular weight excluding hydrogens is 320 g/mol. The summed E-state index contributed by atoms with van der Waals surface area (Å²) in [5, 5.41) is 8.63. The van der Waals surface area contributed by atoms with Gasteiger partial charge >= 0.3 is 0 Å². The number of rotatable bonds is 5. The van der Waals surface area contributed by atoms with E-state index in [2.05, 4.69) is 37.4 Å². The number of hydrogen-bond donors (Lipinski definition) is 1. The number of allylic oxidation sites excluding steroid dienone is 2. The number of benzene rings is 3. The molecular formula is C24H26O2. The zero-order valence-corrected chi connectivity index (χ0v) is 15.0. The highest BCUT2D eigenvalue weighted by Gasteiger charge is 1.93. The first kappa shape index (κ1) is 20.9. The lowest BCUT2D eigenvalue weighted by Gasteiger charge is -2.03. The number of ether oxygens (including phenoxy) is 1. The number of hydrogen-bond acceptors (Lipinski definition) is 2. The molecule has 0 heterocycles. The van der Waals surface area contributed by atoms with Gasteiger partial charge in [-0.15, -0.1) is 0 Å². The fourth-order valence-electron chi connectivity index (χ4n) is 1.86. The summed E-state index contributed by atoms with van der Waals surface area (Å²) in [6.07, 6.45) is 3.28. The van der Waals surface area contributed by atoms with Gasteiger partial charge in [0.15, 0.2) is 0 Å². The minimum absolute atomic E-state index is 0.322. The Morgan fingerprint density at radius 3 is 1.23 bits per heavy atom. The molecule has 3 rings (SSSR count). The molecule has 0 aliphatic heterocycles. The van der Waals surface area contributed by atoms with Crippen LogP contribution < -0.4 is 0 Å². The van der Waals surface area contributed by atoms with Gasteiger partial charge in [0.05, 0.1) is 13.2 Å². The van der Waals surface area contributed by atoms with Crippen molar-refractivity contribution in [3.8, 4) is 5.75 Å². The monoisotopic (exact) mass is 346 g/mol. The first-order valence-electron chi connectivity index (χ1n) is 8.39. The van der Waals surface area contributed by atoms with Crippen molar-refractivity contribution in [2.24, 2.45) is 0 Å². The predicted octanol–water partition coefficient (Wildman–Crippen LogP) is 6.15. The van der Waals surface area contributed by atoms with Gasteiger partial charge in [-0.2, -0.15) is 0 Å². The molecule has 0 aliphatic carbocycles. The molecule has 26 heavy (non-hydrogen) atoms. The van der Waals surface area contributed by atoms with Crippen LogP contribution in [0.2, 0.25) is 0 Å². The van der Waals surface area contributed by atoms with Crippen LogP contribution in [0.1, 0.15) is 11.1 Å². The Kier molecular flexibility index (Phi) is 11.5. The quantitative estimate of drug-likeness (QED) is 0.561. The fourth-order valence-corrected chi connectivity index (χ4v) is 1.86. The lowest BCUT2D eigenvalue weighted by Crippen LogP contribution is -1.93. The van der Waals surface area contributed by atoms with Crippen LogP contribution >= 0.6 is 0 Å². The summed E-state index contributed by atoms with van der Waals surface area (Å²) in [4.78, 5) is 0. The summed E-state index contributed by atoms with van der Waals surface area (Å²) >= 11 is 0. The third kappa shape index (κ3) is 10.6. The van der Waals surface area contributed by atoms with Crippen LogP contribution in [0.15, 0.2) is 116 Å². The highest BCUT2D eigenvalue weighted by atomic mass is 16.5. The second-order valence-corrected chi connectivity index (χ2v) is 5.27. The Morgan fingerprint density at radius 1 is 0.615 bits per heavy atom. The maximum atomic E-state index is 8.63. The van der Waals surface area contributed by atoms with Crippen molar-refractivity contribution in [1.82, 2.24) is 0 Å². The average Bonchev–Trinajstić information content (AvgIpc) is 2.71. The van der Waals surface area contributed by atoms with Gasteiger partial charge in [-0.05, 0) is 23.3 Å². The second-order valence-electron chi connectivity index (χ2n) is 5.27. The van der Waals surface area contributed by atoms with Crippen molar-refractivity contribution in [2.45, 2.75) is 13.2 Å². The van der Waals surface area contributed by atoms with Crippen LogP contribution in [0.4, 0.5) is 0 Å². The molecule has 0 fully saturated rings. The molecule has 0 aliphatic rings. The van der Waals surface area contributed by atoms with Gasteiger partial charge in [-0.3, -0.25) is 0 Å². The third-order valence-corrected chi connectivity index (χ3v) is 3.15. The molecule has 0 bridgehead atoms. The van der Waals surface area contributed by atoms with Gasteiger partial charge in [0.1, 0.15) is 5.75 Å². The first-order chi connectivity index (χ1) is 12.8. The molecule has 0 radical (unpaired) electrons. The number of para-hydroxylation sites is 1. The molecule has 0 aromatic heterocycles. The molecule has 0 amide bonds. The highest BCUT2D eigenvalue weighted by molar-refractivity contribution is 5.18. The Labute approximate surface area is 156 Å². The predicted molar refractivity (Wildman–Crippen MR) is 110 cm³/mol. The topological polar surface area (TPSA) is 29.5 Å². The van der Waals surface area contributed by atoms with E-state index in [0.717, 1.165) is 0 Å². The molecule has 2 nitrogen and oxygen atoms in total. The van der Waals surface area contributed by atoms with Gasteiger partial charge < -0.3 is 9.84 Å². The third-order valence-electron chi connectivity index (χ3n) is 3.15. The summed E-state index contributed by atoms with van der Waals surface area (Å²) in [6.45, 7) is 8.07. The van der Waals surface area contributed by atoms with E-state index in [1.807, 2.05) is 42.5 Å². The Morgan fingerprint density at radius 2 is 0.962 bits per heavy atom. The maximum Gasteiger partial charge on any atom is 0.115 e. The first-order valence-corrected chi connectivity index (χ1v) is 8.39. The van der Waals surface area contributed by atoms with Crippen LogP contribution in [0, 0.1) is 0 Å². The van der Waals surface area contributed by atoms with E-state index in [1.54, 1.807) is 36.4 Å². The van der Waals surface area contributed by atoms with Gasteiger partial charge in [-0.1, -0.05) is 104 Å². The van der Waals surface area contributed by atoms with Crippen molar-refractivity contribution in [3.05, 3.63) is 127 Å². The number of aromatic hydroxyl groups is 1.